The zero-order valence-electron chi connectivity index (χ0n) is 48.6. The Hall–Kier alpha value is -4.05. The molecule has 0 rings (SSSR count). The first-order valence-electron chi connectivity index (χ1n) is 30.0. The first-order valence-corrected chi connectivity index (χ1v) is 30.0. The van der Waals surface area contributed by atoms with E-state index in [1.54, 1.807) is 0 Å². The van der Waals surface area contributed by atoms with Crippen molar-refractivity contribution in [3.63, 3.8) is 0 Å². The molecular weight excluding hydrogens is 935 g/mol. The highest BCUT2D eigenvalue weighted by atomic mass is 16.7. The van der Waals surface area contributed by atoms with Gasteiger partial charge in [0.15, 0.2) is 12.4 Å². The number of carbonyl (C=O) groups is 3. The summed E-state index contributed by atoms with van der Waals surface area (Å²) < 4.78 is 22.7. The molecule has 0 aromatic carbocycles. The molecule has 0 aliphatic heterocycles. The van der Waals surface area contributed by atoms with Gasteiger partial charge in [-0.2, -0.15) is 0 Å². The quantitative estimate of drug-likeness (QED) is 0.0195. The van der Waals surface area contributed by atoms with E-state index >= 15 is 0 Å². The number of carbonyl (C=O) groups excluding carboxylic acids is 3. The summed E-state index contributed by atoms with van der Waals surface area (Å²) in [5.41, 5.74) is 0. The maximum Gasteiger partial charge on any atom is 0.306 e. The predicted octanol–water partition coefficient (Wildman–Crippen LogP) is 16.6. The van der Waals surface area contributed by atoms with Crippen molar-refractivity contribution >= 4 is 17.9 Å². The van der Waals surface area contributed by atoms with E-state index in [2.05, 4.69) is 123 Å². The van der Waals surface area contributed by atoms with Gasteiger partial charge in [0.1, 0.15) is 13.2 Å². The molecule has 0 radical (unpaired) electrons. The minimum atomic E-state index is -1.64. The number of aliphatic carboxylic acids is 1. The second-order valence-corrected chi connectivity index (χ2v) is 20.9. The summed E-state index contributed by atoms with van der Waals surface area (Å²) in [5, 5.41) is 11.8. The normalized spacial score (nSPS) is 13.6. The lowest BCUT2D eigenvalue weighted by molar-refractivity contribution is -0.870. The van der Waals surface area contributed by atoms with Gasteiger partial charge in [-0.05, 0) is 103 Å². The van der Waals surface area contributed by atoms with Crippen LogP contribution in [-0.4, -0.2) is 82.3 Å². The van der Waals surface area contributed by atoms with Crippen LogP contribution in [0.5, 0.6) is 0 Å². The lowest BCUT2D eigenvalue weighted by atomic mass is 10.0. The van der Waals surface area contributed by atoms with Gasteiger partial charge in [-0.15, -0.1) is 0 Å². The summed E-state index contributed by atoms with van der Waals surface area (Å²) >= 11 is 0. The third-order valence-corrected chi connectivity index (χ3v) is 12.5. The van der Waals surface area contributed by atoms with Crippen molar-refractivity contribution in [2.45, 2.75) is 245 Å². The fourth-order valence-corrected chi connectivity index (χ4v) is 7.90. The van der Waals surface area contributed by atoms with Crippen LogP contribution in [0.2, 0.25) is 0 Å². The minimum Gasteiger partial charge on any atom is -0.545 e. The Labute approximate surface area is 460 Å². The fourth-order valence-electron chi connectivity index (χ4n) is 7.90. The van der Waals surface area contributed by atoms with Crippen molar-refractivity contribution in [3.05, 3.63) is 109 Å². The number of allylic oxidation sites excluding steroid dienone is 18. The summed E-state index contributed by atoms with van der Waals surface area (Å²) in [5.74, 6) is -2.35. The van der Waals surface area contributed by atoms with E-state index in [9.17, 15) is 19.5 Å². The van der Waals surface area contributed by atoms with E-state index in [-0.39, 0.29) is 38.6 Å². The first kappa shape index (κ1) is 71.0. The first-order chi connectivity index (χ1) is 36.6. The van der Waals surface area contributed by atoms with E-state index in [1.165, 1.54) is 116 Å². The molecule has 0 aliphatic carbocycles. The van der Waals surface area contributed by atoms with Gasteiger partial charge in [0, 0.05) is 12.8 Å². The Morgan fingerprint density at radius 3 is 1.17 bits per heavy atom. The summed E-state index contributed by atoms with van der Waals surface area (Å²) in [6.07, 6.45) is 74.3. The van der Waals surface area contributed by atoms with Gasteiger partial charge >= 0.3 is 11.9 Å². The monoisotopic (exact) mass is 1050 g/mol. The van der Waals surface area contributed by atoms with E-state index in [4.69, 9.17) is 18.9 Å². The molecule has 75 heavy (non-hydrogen) atoms. The Kier molecular flexibility index (Phi) is 53.1. The van der Waals surface area contributed by atoms with Crippen molar-refractivity contribution in [1.82, 2.24) is 0 Å². The van der Waals surface area contributed by atoms with Crippen LogP contribution in [0, 0.1) is 0 Å². The molecule has 0 fully saturated rings. The van der Waals surface area contributed by atoms with Crippen LogP contribution in [0.4, 0.5) is 0 Å². The van der Waals surface area contributed by atoms with Crippen LogP contribution in [0.25, 0.3) is 0 Å². The summed E-state index contributed by atoms with van der Waals surface area (Å²) in [6, 6.07) is 0. The summed E-state index contributed by atoms with van der Waals surface area (Å²) in [7, 11) is 5.90. The largest absolute Gasteiger partial charge is 0.545 e. The second kappa shape index (κ2) is 56.2. The van der Waals surface area contributed by atoms with Gasteiger partial charge in [0.25, 0.3) is 0 Å². The van der Waals surface area contributed by atoms with E-state index < -0.39 is 24.3 Å². The third kappa shape index (κ3) is 57.5. The van der Waals surface area contributed by atoms with Crippen LogP contribution < -0.4 is 5.11 Å². The maximum atomic E-state index is 12.9. The smallest absolute Gasteiger partial charge is 0.306 e. The van der Waals surface area contributed by atoms with Crippen molar-refractivity contribution < 1.29 is 42.9 Å². The minimum absolute atomic E-state index is 0.133. The van der Waals surface area contributed by atoms with E-state index in [1.807, 2.05) is 21.1 Å². The number of carboxylic acids is 1. The van der Waals surface area contributed by atoms with Gasteiger partial charge in [0.05, 0.1) is 40.3 Å². The van der Waals surface area contributed by atoms with Crippen molar-refractivity contribution in [2.75, 3.05) is 47.5 Å². The number of ether oxygens (including phenoxy) is 4. The van der Waals surface area contributed by atoms with Crippen LogP contribution in [0.1, 0.15) is 232 Å². The van der Waals surface area contributed by atoms with Crippen LogP contribution in [-0.2, 0) is 33.3 Å². The Morgan fingerprint density at radius 1 is 0.413 bits per heavy atom. The van der Waals surface area contributed by atoms with Crippen LogP contribution in [0.3, 0.4) is 0 Å². The van der Waals surface area contributed by atoms with Crippen molar-refractivity contribution in [2.24, 2.45) is 0 Å². The Balaban J connectivity index is 4.35. The van der Waals surface area contributed by atoms with E-state index in [0.717, 1.165) is 83.5 Å². The number of rotatable bonds is 54. The van der Waals surface area contributed by atoms with Gasteiger partial charge < -0.3 is 33.3 Å². The van der Waals surface area contributed by atoms with Crippen molar-refractivity contribution in [1.29, 1.82) is 0 Å². The molecule has 0 spiro atoms. The Morgan fingerprint density at radius 2 is 0.760 bits per heavy atom. The highest BCUT2D eigenvalue weighted by Gasteiger charge is 2.22. The molecule has 2 atom stereocenters. The molecule has 0 saturated carbocycles. The average Bonchev–Trinajstić information content (AvgIpc) is 3.38. The van der Waals surface area contributed by atoms with E-state index in [0.29, 0.717) is 17.4 Å². The highest BCUT2D eigenvalue weighted by molar-refractivity contribution is 5.70. The second-order valence-electron chi connectivity index (χ2n) is 20.9. The lowest BCUT2D eigenvalue weighted by Crippen LogP contribution is -2.44. The molecule has 0 amide bonds. The SMILES string of the molecule is CC/C=C\C/C=C\C/C=C\C/C=C\C/C=C\C/C=C\C/C=C\C/C=C\CCCCC(=O)OC(COC(=O)CCCCCCCCCCCCC/C=C\CCCCCCCCCC)COC(OCC[N+](C)(C)C)C(=O)[O-]. The average molecular weight is 1050 g/mol. The molecule has 0 aliphatic rings. The molecule has 0 bridgehead atoms. The number of unbranched alkanes of at least 4 members (excludes halogenated alkanes) is 21. The number of hydrogen-bond acceptors (Lipinski definition) is 8. The molecule has 428 valence electrons. The fraction of sp³-hybridized carbons (Fsp3) is 0.682. The molecule has 0 heterocycles. The summed E-state index contributed by atoms with van der Waals surface area (Å²) in [4.78, 5) is 37.3. The van der Waals surface area contributed by atoms with Crippen LogP contribution >= 0.6 is 0 Å². The van der Waals surface area contributed by atoms with Crippen molar-refractivity contribution in [3.8, 4) is 0 Å². The number of hydrogen-bond donors (Lipinski definition) is 0. The summed E-state index contributed by atoms with van der Waals surface area (Å²) in [6.45, 7) is 4.58. The molecule has 9 nitrogen and oxygen atoms in total. The zero-order chi connectivity index (χ0) is 54.8. The molecule has 9 heteroatoms. The number of likely N-dealkylation sites (N-methyl/N-ethyl adjacent to an activating group) is 1. The highest BCUT2D eigenvalue weighted by Crippen LogP contribution is 2.15. The molecule has 2 unspecified atom stereocenters. The molecular formula is C66H111NO8. The Bertz CT molecular complexity index is 1590. The molecule has 0 N–H and O–H groups in total. The maximum absolute atomic E-state index is 12.9. The molecule has 0 aromatic heterocycles. The van der Waals surface area contributed by atoms with Gasteiger partial charge in [-0.1, -0.05) is 226 Å². The number of nitrogens with zero attached hydrogens (tertiary/aromatic N) is 1. The van der Waals surface area contributed by atoms with Gasteiger partial charge in [-0.25, -0.2) is 0 Å². The topological polar surface area (TPSA) is 111 Å². The number of carboxylic acid groups (broad SMARTS) is 1. The molecule has 0 aromatic rings. The number of esters is 2. The molecule has 0 saturated heterocycles. The standard InChI is InChI=1S/C66H111NO8/c1-6-8-10-12-14-16-18-20-22-24-26-28-30-31-32-33-35-37-39-41-43-45-47-49-51-53-55-57-64(69)75-62(61-74-66(65(70)71)72-59-58-67(3,4)5)60-73-63(68)56-54-52-50-48-46-44-42-40-38-36-34-29-27-25-23-21-19-17-15-13-11-9-7-2/h8,10,14,16,20,22,25-28,31-32,35,37,41,43,47,49,62,66H,6-7,9,11-13,15,17-19,21,23-24,29-30,33-34,36,38-40,42,44-46,48,50-61H2,1-5H3/b10-8-,16-14-,22-20-,27-25-,28-26-,32-31-,37-35-,43-41-,49-47-. The predicted molar refractivity (Wildman–Crippen MR) is 315 cm³/mol. The number of quaternary nitrogens is 1. The lowest BCUT2D eigenvalue weighted by Gasteiger charge is -2.26. The van der Waals surface area contributed by atoms with Crippen LogP contribution in [0.15, 0.2) is 109 Å². The third-order valence-electron chi connectivity index (χ3n) is 12.5. The van der Waals surface area contributed by atoms with Gasteiger partial charge in [-0.3, -0.25) is 9.59 Å². The van der Waals surface area contributed by atoms with Gasteiger partial charge in [0.2, 0.25) is 0 Å². The zero-order valence-corrected chi connectivity index (χ0v) is 48.6.